The predicted molar refractivity (Wildman–Crippen MR) is 108 cm³/mol. The van der Waals surface area contributed by atoms with Crippen LogP contribution in [0.4, 0.5) is 5.69 Å². The molecule has 6 nitrogen and oxygen atoms in total. The first-order valence-corrected chi connectivity index (χ1v) is 8.98. The van der Waals surface area contributed by atoms with Crippen molar-refractivity contribution in [1.82, 2.24) is 9.97 Å². The summed E-state index contributed by atoms with van der Waals surface area (Å²) in [6, 6.07) is 16.2. The molecule has 4 aromatic rings. The van der Waals surface area contributed by atoms with Gasteiger partial charge in [0, 0.05) is 11.8 Å². The highest BCUT2D eigenvalue weighted by Gasteiger charge is 2.13. The molecular formula is C21H16ClN3O3. The molecular weight excluding hydrogens is 378 g/mol. The lowest BCUT2D eigenvalue weighted by Crippen LogP contribution is -2.20. The van der Waals surface area contributed by atoms with Crippen molar-refractivity contribution in [3.8, 4) is 17.2 Å². The van der Waals surface area contributed by atoms with Crippen molar-refractivity contribution in [3.63, 3.8) is 0 Å². The highest BCUT2D eigenvalue weighted by molar-refractivity contribution is 6.33. The topological polar surface area (TPSA) is 77.2 Å². The smallest absolute Gasteiger partial charge is 0.262 e. The van der Waals surface area contributed by atoms with Crippen molar-refractivity contribution in [2.24, 2.45) is 0 Å². The fraction of sp³-hybridized carbons (Fsp3) is 0.0952. The average Bonchev–Trinajstić information content (AvgIpc) is 3.13. The third kappa shape index (κ3) is 3.82. The van der Waals surface area contributed by atoms with E-state index in [1.807, 2.05) is 31.2 Å². The van der Waals surface area contributed by atoms with Gasteiger partial charge in [-0.15, -0.1) is 0 Å². The average molecular weight is 394 g/mol. The molecule has 0 bridgehead atoms. The minimum absolute atomic E-state index is 0.127. The number of nitrogens with one attached hydrogen (secondary N) is 1. The van der Waals surface area contributed by atoms with Crippen molar-refractivity contribution >= 4 is 34.4 Å². The van der Waals surface area contributed by atoms with Crippen molar-refractivity contribution in [2.75, 3.05) is 11.9 Å². The summed E-state index contributed by atoms with van der Waals surface area (Å²) in [6.45, 7) is 1.79. The second-order valence-corrected chi connectivity index (χ2v) is 6.55. The lowest BCUT2D eigenvalue weighted by molar-refractivity contribution is -0.118. The zero-order chi connectivity index (χ0) is 19.5. The van der Waals surface area contributed by atoms with Crippen molar-refractivity contribution < 1.29 is 13.9 Å². The number of aromatic nitrogens is 2. The number of benzene rings is 2. The normalized spacial score (nSPS) is 10.8. The van der Waals surface area contributed by atoms with Gasteiger partial charge in [-0.2, -0.15) is 4.98 Å². The molecule has 0 spiro atoms. The van der Waals surface area contributed by atoms with Crippen LogP contribution in [0.5, 0.6) is 5.75 Å². The predicted octanol–water partition coefficient (Wildman–Crippen LogP) is 4.87. The quantitative estimate of drug-likeness (QED) is 0.523. The summed E-state index contributed by atoms with van der Waals surface area (Å²) in [5.74, 6) is 0.745. The molecule has 0 aliphatic rings. The highest BCUT2D eigenvalue weighted by Crippen LogP contribution is 2.30. The van der Waals surface area contributed by atoms with Gasteiger partial charge in [-0.1, -0.05) is 29.8 Å². The van der Waals surface area contributed by atoms with E-state index < -0.39 is 0 Å². The number of carbonyl (C=O) groups excluding carboxylic acids is 1. The number of aryl methyl sites for hydroxylation is 1. The molecule has 2 aromatic heterocycles. The Labute approximate surface area is 166 Å². The summed E-state index contributed by atoms with van der Waals surface area (Å²) in [6.07, 6.45) is 1.65. The zero-order valence-corrected chi connectivity index (χ0v) is 15.7. The van der Waals surface area contributed by atoms with E-state index in [2.05, 4.69) is 15.3 Å². The maximum Gasteiger partial charge on any atom is 0.262 e. The van der Waals surface area contributed by atoms with E-state index in [0.717, 1.165) is 5.56 Å². The number of amides is 1. The number of pyridine rings is 1. The molecule has 28 heavy (non-hydrogen) atoms. The highest BCUT2D eigenvalue weighted by atomic mass is 35.5. The molecule has 0 saturated heterocycles. The minimum Gasteiger partial charge on any atom is -0.483 e. The number of para-hydroxylation sites is 1. The number of carbonyl (C=O) groups is 1. The molecule has 1 N–H and O–H groups in total. The van der Waals surface area contributed by atoms with Crippen molar-refractivity contribution in [2.45, 2.75) is 6.92 Å². The SMILES string of the molecule is Cc1ccccc1OCC(=O)Nc1cc(-c2nc3ncccc3o2)ccc1Cl. The van der Waals surface area contributed by atoms with Crippen LogP contribution >= 0.6 is 11.6 Å². The first-order chi connectivity index (χ1) is 13.6. The minimum atomic E-state index is -0.318. The Balaban J connectivity index is 1.50. The van der Waals surface area contributed by atoms with E-state index in [1.54, 1.807) is 36.5 Å². The second kappa shape index (κ2) is 7.70. The molecule has 0 saturated carbocycles. The number of anilines is 1. The fourth-order valence-electron chi connectivity index (χ4n) is 2.69. The van der Waals surface area contributed by atoms with Gasteiger partial charge in [-0.3, -0.25) is 4.79 Å². The molecule has 4 rings (SSSR count). The Morgan fingerprint density at radius 1 is 1.18 bits per heavy atom. The van der Waals surface area contributed by atoms with Gasteiger partial charge in [0.1, 0.15) is 5.75 Å². The number of rotatable bonds is 5. The van der Waals surface area contributed by atoms with Crippen LogP contribution in [-0.4, -0.2) is 22.5 Å². The van der Waals surface area contributed by atoms with Gasteiger partial charge in [0.15, 0.2) is 17.8 Å². The van der Waals surface area contributed by atoms with Crippen LogP contribution in [0.1, 0.15) is 5.56 Å². The molecule has 2 heterocycles. The van der Waals surface area contributed by atoms with E-state index in [-0.39, 0.29) is 12.5 Å². The number of hydrogen-bond donors (Lipinski definition) is 1. The second-order valence-electron chi connectivity index (χ2n) is 6.14. The standard InChI is InChI=1S/C21H16ClN3O3/c1-13-5-2-3-6-17(13)27-12-19(26)24-16-11-14(8-9-15(16)22)21-25-20-18(28-21)7-4-10-23-20/h2-11H,12H2,1H3,(H,24,26). The Hall–Kier alpha value is -3.38. The molecule has 0 aliphatic carbocycles. The third-order valence-corrected chi connectivity index (χ3v) is 4.43. The van der Waals surface area contributed by atoms with Crippen LogP contribution < -0.4 is 10.1 Å². The fourth-order valence-corrected chi connectivity index (χ4v) is 2.86. The maximum atomic E-state index is 12.3. The van der Waals surface area contributed by atoms with Crippen LogP contribution in [0.3, 0.4) is 0 Å². The van der Waals surface area contributed by atoms with Crippen LogP contribution in [0.15, 0.2) is 65.2 Å². The summed E-state index contributed by atoms with van der Waals surface area (Å²) >= 11 is 6.23. The maximum absolute atomic E-state index is 12.3. The van der Waals surface area contributed by atoms with Gasteiger partial charge >= 0.3 is 0 Å². The lowest BCUT2D eigenvalue weighted by Gasteiger charge is -2.11. The number of nitrogens with zero attached hydrogens (tertiary/aromatic N) is 2. The number of oxazole rings is 1. The molecule has 0 fully saturated rings. The summed E-state index contributed by atoms with van der Waals surface area (Å²) < 4.78 is 11.3. The first-order valence-electron chi connectivity index (χ1n) is 8.60. The van der Waals surface area contributed by atoms with E-state index in [1.165, 1.54) is 0 Å². The van der Waals surface area contributed by atoms with Gasteiger partial charge in [-0.25, -0.2) is 4.98 Å². The summed E-state index contributed by atoms with van der Waals surface area (Å²) in [4.78, 5) is 20.8. The van der Waals surface area contributed by atoms with Gasteiger partial charge < -0.3 is 14.5 Å². The van der Waals surface area contributed by atoms with E-state index in [0.29, 0.717) is 39.1 Å². The van der Waals surface area contributed by atoms with Gasteiger partial charge in [-0.05, 0) is 48.9 Å². The summed E-state index contributed by atoms with van der Waals surface area (Å²) in [5, 5.41) is 3.17. The molecule has 140 valence electrons. The van der Waals surface area contributed by atoms with Crippen molar-refractivity contribution in [3.05, 3.63) is 71.4 Å². The van der Waals surface area contributed by atoms with Crippen LogP contribution in [0.2, 0.25) is 5.02 Å². The largest absolute Gasteiger partial charge is 0.483 e. The number of hydrogen-bond acceptors (Lipinski definition) is 5. The Bertz CT molecular complexity index is 1120. The van der Waals surface area contributed by atoms with E-state index >= 15 is 0 Å². The Kier molecular flexibility index (Phi) is 4.95. The molecule has 0 radical (unpaired) electrons. The first kappa shape index (κ1) is 18.0. The Morgan fingerprint density at radius 2 is 2.04 bits per heavy atom. The molecule has 0 atom stereocenters. The van der Waals surface area contributed by atoms with Crippen molar-refractivity contribution in [1.29, 1.82) is 0 Å². The lowest BCUT2D eigenvalue weighted by atomic mass is 10.2. The number of fused-ring (bicyclic) bond motifs is 1. The summed E-state index contributed by atoms with van der Waals surface area (Å²) in [7, 11) is 0. The summed E-state index contributed by atoms with van der Waals surface area (Å²) in [5.41, 5.74) is 3.19. The van der Waals surface area contributed by atoms with Crippen LogP contribution in [0, 0.1) is 6.92 Å². The molecule has 0 unspecified atom stereocenters. The molecule has 0 aliphatic heterocycles. The van der Waals surface area contributed by atoms with Gasteiger partial charge in [0.25, 0.3) is 5.91 Å². The van der Waals surface area contributed by atoms with Gasteiger partial charge in [0.05, 0.1) is 10.7 Å². The van der Waals surface area contributed by atoms with Crippen LogP contribution in [-0.2, 0) is 4.79 Å². The number of ether oxygens (including phenoxy) is 1. The van der Waals surface area contributed by atoms with Crippen LogP contribution in [0.25, 0.3) is 22.7 Å². The van der Waals surface area contributed by atoms with E-state index in [4.69, 9.17) is 20.8 Å². The molecule has 1 amide bonds. The van der Waals surface area contributed by atoms with Gasteiger partial charge in [0.2, 0.25) is 5.89 Å². The number of halogens is 1. The monoisotopic (exact) mass is 393 g/mol. The Morgan fingerprint density at radius 3 is 2.86 bits per heavy atom. The van der Waals surface area contributed by atoms with E-state index in [9.17, 15) is 4.79 Å². The third-order valence-electron chi connectivity index (χ3n) is 4.10. The molecule has 2 aromatic carbocycles. The zero-order valence-electron chi connectivity index (χ0n) is 15.0. The molecule has 7 heteroatoms.